The highest BCUT2D eigenvalue weighted by atomic mass is 15.3. The van der Waals surface area contributed by atoms with Gasteiger partial charge >= 0.3 is 0 Å². The van der Waals surface area contributed by atoms with Crippen LogP contribution in [0.25, 0.3) is 0 Å². The number of nitrogens with one attached hydrogen (secondary N) is 2. The third-order valence-corrected chi connectivity index (χ3v) is 2.42. The third kappa shape index (κ3) is 3.56. The molecule has 1 heterocycles. The second-order valence-electron chi connectivity index (χ2n) is 3.95. The zero-order valence-electron chi connectivity index (χ0n) is 9.69. The second-order valence-corrected chi connectivity index (χ2v) is 3.95. The zero-order valence-corrected chi connectivity index (χ0v) is 9.69. The number of guanidine groups is 1. The summed E-state index contributed by atoms with van der Waals surface area (Å²) in [7, 11) is 0. The van der Waals surface area contributed by atoms with Crippen molar-refractivity contribution in [2.24, 2.45) is 4.99 Å². The summed E-state index contributed by atoms with van der Waals surface area (Å²) < 4.78 is 1.89. The fourth-order valence-electron chi connectivity index (χ4n) is 1.44. The monoisotopic (exact) mass is 221 g/mol. The van der Waals surface area contributed by atoms with Crippen LogP contribution in [0.5, 0.6) is 0 Å². The van der Waals surface area contributed by atoms with Crippen LogP contribution in [0, 0.1) is 0 Å². The number of hydrogen-bond donors (Lipinski definition) is 2. The van der Waals surface area contributed by atoms with Gasteiger partial charge in [-0.15, -0.1) is 0 Å². The maximum atomic E-state index is 4.50. The van der Waals surface area contributed by atoms with E-state index < -0.39 is 0 Å². The van der Waals surface area contributed by atoms with Crippen LogP contribution >= 0.6 is 0 Å². The van der Waals surface area contributed by atoms with Crippen molar-refractivity contribution in [1.82, 2.24) is 20.4 Å². The molecule has 0 unspecified atom stereocenters. The van der Waals surface area contributed by atoms with Crippen LogP contribution in [-0.2, 0) is 6.54 Å². The van der Waals surface area contributed by atoms with Gasteiger partial charge in [0.15, 0.2) is 5.96 Å². The molecular weight excluding hydrogens is 202 g/mol. The lowest BCUT2D eigenvalue weighted by Gasteiger charge is -2.09. The van der Waals surface area contributed by atoms with E-state index in [1.807, 2.05) is 16.9 Å². The van der Waals surface area contributed by atoms with E-state index in [9.17, 15) is 0 Å². The molecule has 5 heteroatoms. The smallest absolute Gasteiger partial charge is 0.191 e. The van der Waals surface area contributed by atoms with Crippen molar-refractivity contribution >= 4 is 5.96 Å². The number of aromatic nitrogens is 2. The lowest BCUT2D eigenvalue weighted by atomic mass is 10.6. The van der Waals surface area contributed by atoms with Crippen molar-refractivity contribution < 1.29 is 0 Å². The summed E-state index contributed by atoms with van der Waals surface area (Å²) in [6.45, 7) is 4.57. The van der Waals surface area contributed by atoms with Gasteiger partial charge in [-0.1, -0.05) is 0 Å². The maximum absolute atomic E-state index is 4.50. The lowest BCUT2D eigenvalue weighted by molar-refractivity contribution is 0.622. The second kappa shape index (κ2) is 5.53. The van der Waals surface area contributed by atoms with Crippen molar-refractivity contribution in [2.45, 2.75) is 32.4 Å². The Labute approximate surface area is 95.9 Å². The summed E-state index contributed by atoms with van der Waals surface area (Å²) in [6.07, 6.45) is 6.28. The van der Waals surface area contributed by atoms with Crippen molar-refractivity contribution in [3.8, 4) is 0 Å². The zero-order chi connectivity index (χ0) is 11.2. The summed E-state index contributed by atoms with van der Waals surface area (Å²) in [6, 6.07) is 2.57. The molecule has 1 saturated carbocycles. The summed E-state index contributed by atoms with van der Waals surface area (Å²) in [5.41, 5.74) is 0. The molecule has 2 N–H and O–H groups in total. The minimum Gasteiger partial charge on any atom is -0.357 e. The molecule has 1 aromatic rings. The minimum absolute atomic E-state index is 0.641. The van der Waals surface area contributed by atoms with Gasteiger partial charge < -0.3 is 10.6 Å². The van der Waals surface area contributed by atoms with Crippen molar-refractivity contribution in [3.05, 3.63) is 18.5 Å². The van der Waals surface area contributed by atoms with Gasteiger partial charge in [0.05, 0.1) is 13.1 Å². The van der Waals surface area contributed by atoms with Crippen LogP contribution in [0.3, 0.4) is 0 Å². The quantitative estimate of drug-likeness (QED) is 0.565. The molecule has 0 amide bonds. The Balaban J connectivity index is 1.76. The Morgan fingerprint density at radius 1 is 1.56 bits per heavy atom. The van der Waals surface area contributed by atoms with Crippen molar-refractivity contribution in [3.63, 3.8) is 0 Å². The van der Waals surface area contributed by atoms with Crippen LogP contribution in [0.15, 0.2) is 23.5 Å². The Kier molecular flexibility index (Phi) is 3.80. The van der Waals surface area contributed by atoms with Crippen LogP contribution in [0.2, 0.25) is 0 Å². The normalized spacial score (nSPS) is 16.2. The molecular formula is C11H19N5. The highest BCUT2D eigenvalue weighted by Crippen LogP contribution is 2.18. The predicted octanol–water partition coefficient (Wildman–Crippen LogP) is 0.601. The van der Waals surface area contributed by atoms with E-state index in [-0.39, 0.29) is 0 Å². The highest BCUT2D eigenvalue weighted by molar-refractivity contribution is 5.80. The highest BCUT2D eigenvalue weighted by Gasteiger charge is 2.21. The first-order chi connectivity index (χ1) is 7.88. The van der Waals surface area contributed by atoms with E-state index in [0.29, 0.717) is 6.04 Å². The Hall–Kier alpha value is -1.52. The maximum Gasteiger partial charge on any atom is 0.191 e. The fourth-order valence-corrected chi connectivity index (χ4v) is 1.44. The van der Waals surface area contributed by atoms with E-state index in [2.05, 4.69) is 27.6 Å². The van der Waals surface area contributed by atoms with Crippen LogP contribution in [0.4, 0.5) is 0 Å². The summed E-state index contributed by atoms with van der Waals surface area (Å²) >= 11 is 0. The van der Waals surface area contributed by atoms with Crippen LogP contribution in [-0.4, -0.2) is 34.9 Å². The summed E-state index contributed by atoms with van der Waals surface area (Å²) in [5.74, 6) is 0.928. The van der Waals surface area contributed by atoms with Gasteiger partial charge in [0.2, 0.25) is 0 Å². The van der Waals surface area contributed by atoms with Gasteiger partial charge in [-0.05, 0) is 25.8 Å². The molecule has 0 spiro atoms. The van der Waals surface area contributed by atoms with Gasteiger partial charge in [-0.25, -0.2) is 0 Å². The fraction of sp³-hybridized carbons (Fsp3) is 0.636. The number of hydrogen-bond acceptors (Lipinski definition) is 2. The molecule has 2 rings (SSSR count). The number of rotatable bonds is 5. The molecule has 0 saturated heterocycles. The van der Waals surface area contributed by atoms with E-state index in [4.69, 9.17) is 0 Å². The molecule has 1 fully saturated rings. The topological polar surface area (TPSA) is 54.2 Å². The first-order valence-corrected chi connectivity index (χ1v) is 5.90. The number of aliphatic imine (C=N–C) groups is 1. The van der Waals surface area contributed by atoms with Crippen molar-refractivity contribution in [1.29, 1.82) is 0 Å². The average Bonchev–Trinajstić information content (AvgIpc) is 2.93. The molecule has 16 heavy (non-hydrogen) atoms. The lowest BCUT2D eigenvalue weighted by Crippen LogP contribution is -2.38. The Morgan fingerprint density at radius 2 is 2.44 bits per heavy atom. The predicted molar refractivity (Wildman–Crippen MR) is 64.4 cm³/mol. The van der Waals surface area contributed by atoms with E-state index in [0.717, 1.165) is 25.6 Å². The Bertz CT molecular complexity index is 326. The van der Waals surface area contributed by atoms with Crippen LogP contribution < -0.4 is 10.6 Å². The standard InChI is InChI=1S/C11H19N5/c1-2-12-11(15-10-4-5-10)13-7-9-16-8-3-6-14-16/h3,6,8,10H,2,4-5,7,9H2,1H3,(H2,12,13,15). The van der Waals surface area contributed by atoms with Gasteiger partial charge in [0.25, 0.3) is 0 Å². The minimum atomic E-state index is 0.641. The SMILES string of the molecule is CCNC(=NCCn1cccn1)NC1CC1. The van der Waals surface area contributed by atoms with Gasteiger partial charge in [0.1, 0.15) is 0 Å². The van der Waals surface area contributed by atoms with Gasteiger partial charge in [-0.2, -0.15) is 5.10 Å². The molecule has 0 radical (unpaired) electrons. The first-order valence-electron chi connectivity index (χ1n) is 5.90. The molecule has 0 atom stereocenters. The summed E-state index contributed by atoms with van der Waals surface area (Å²) in [4.78, 5) is 4.50. The summed E-state index contributed by atoms with van der Waals surface area (Å²) in [5, 5.41) is 10.8. The Morgan fingerprint density at radius 3 is 3.06 bits per heavy atom. The first kappa shape index (κ1) is 11.0. The van der Waals surface area contributed by atoms with Gasteiger partial charge in [-0.3, -0.25) is 9.67 Å². The van der Waals surface area contributed by atoms with E-state index in [1.54, 1.807) is 6.20 Å². The average molecular weight is 221 g/mol. The van der Waals surface area contributed by atoms with E-state index in [1.165, 1.54) is 12.8 Å². The molecule has 0 aromatic carbocycles. The van der Waals surface area contributed by atoms with Gasteiger partial charge in [0, 0.05) is 25.0 Å². The molecule has 5 nitrogen and oxygen atoms in total. The van der Waals surface area contributed by atoms with E-state index >= 15 is 0 Å². The molecule has 0 aliphatic heterocycles. The van der Waals surface area contributed by atoms with Crippen molar-refractivity contribution in [2.75, 3.05) is 13.1 Å². The molecule has 88 valence electrons. The largest absolute Gasteiger partial charge is 0.357 e. The molecule has 1 aliphatic carbocycles. The third-order valence-electron chi connectivity index (χ3n) is 2.42. The molecule has 1 aliphatic rings. The van der Waals surface area contributed by atoms with Crippen LogP contribution in [0.1, 0.15) is 19.8 Å². The molecule has 0 bridgehead atoms. The molecule has 1 aromatic heterocycles. The number of nitrogens with zero attached hydrogens (tertiary/aromatic N) is 3.